The maximum atomic E-state index is 13.2. The summed E-state index contributed by atoms with van der Waals surface area (Å²) in [4.78, 5) is 0. The Bertz CT molecular complexity index is 456. The van der Waals surface area contributed by atoms with E-state index < -0.39 is 0 Å². The van der Waals surface area contributed by atoms with Crippen LogP contribution in [0.25, 0.3) is 0 Å². The molecule has 0 aliphatic heterocycles. The molecular formula is C17H25ClFN. The Labute approximate surface area is 126 Å². The molecular weight excluding hydrogens is 273 g/mol. The molecule has 0 bridgehead atoms. The Kier molecular flexibility index (Phi) is 5.09. The molecule has 1 saturated carbocycles. The van der Waals surface area contributed by atoms with Crippen LogP contribution in [0, 0.1) is 11.2 Å². The summed E-state index contributed by atoms with van der Waals surface area (Å²) in [5.74, 6) is 0.192. The highest BCUT2D eigenvalue weighted by Gasteiger charge is 2.52. The first kappa shape index (κ1) is 15.8. The molecule has 112 valence electrons. The third kappa shape index (κ3) is 2.60. The van der Waals surface area contributed by atoms with Crippen LogP contribution in [0.1, 0.15) is 57.9 Å². The Hall–Kier alpha value is -0.600. The predicted molar refractivity (Wildman–Crippen MR) is 83.9 cm³/mol. The van der Waals surface area contributed by atoms with Crippen LogP contribution in [0.3, 0.4) is 0 Å². The van der Waals surface area contributed by atoms with E-state index in [2.05, 4.69) is 26.1 Å². The van der Waals surface area contributed by atoms with Crippen LogP contribution in [0.5, 0.6) is 0 Å². The van der Waals surface area contributed by atoms with Crippen molar-refractivity contribution in [3.8, 4) is 0 Å². The van der Waals surface area contributed by atoms with E-state index in [1.807, 2.05) is 6.07 Å². The first-order chi connectivity index (χ1) is 9.58. The lowest BCUT2D eigenvalue weighted by Gasteiger charge is -2.57. The lowest BCUT2D eigenvalue weighted by Crippen LogP contribution is -2.58. The molecule has 1 N–H and O–H groups in total. The molecule has 2 unspecified atom stereocenters. The number of hydrogen-bond donors (Lipinski definition) is 1. The Morgan fingerprint density at radius 3 is 2.55 bits per heavy atom. The monoisotopic (exact) mass is 297 g/mol. The van der Waals surface area contributed by atoms with Gasteiger partial charge in [0, 0.05) is 11.1 Å². The number of hydrogen-bond acceptors (Lipinski definition) is 1. The molecule has 3 heteroatoms. The summed E-state index contributed by atoms with van der Waals surface area (Å²) in [5.41, 5.74) is 1.38. The van der Waals surface area contributed by atoms with E-state index in [-0.39, 0.29) is 11.2 Å². The average molecular weight is 298 g/mol. The minimum absolute atomic E-state index is 0.252. The standard InChI is InChI=1S/C17H25ClFN/c1-4-9-20-16-11-14(17(16,5-2)6-3)13-8-7-12(19)10-15(13)18/h7-8,10,14,16,20H,4-6,9,11H2,1-3H3. The summed E-state index contributed by atoms with van der Waals surface area (Å²) in [7, 11) is 0. The fraction of sp³-hybridized carbons (Fsp3) is 0.647. The number of halogens is 2. The molecule has 1 fully saturated rings. The normalized spacial score (nSPS) is 24.4. The fourth-order valence-corrected chi connectivity index (χ4v) is 4.15. The lowest BCUT2D eigenvalue weighted by molar-refractivity contribution is 0.0202. The van der Waals surface area contributed by atoms with Gasteiger partial charge in [-0.15, -0.1) is 0 Å². The van der Waals surface area contributed by atoms with Crippen molar-refractivity contribution in [2.75, 3.05) is 6.54 Å². The van der Waals surface area contributed by atoms with Gasteiger partial charge in [0.2, 0.25) is 0 Å². The fourth-order valence-electron chi connectivity index (χ4n) is 3.85. The van der Waals surface area contributed by atoms with Gasteiger partial charge in [-0.3, -0.25) is 0 Å². The van der Waals surface area contributed by atoms with E-state index >= 15 is 0 Å². The average Bonchev–Trinajstić information content (AvgIpc) is 2.41. The minimum atomic E-state index is -0.252. The molecule has 0 spiro atoms. The molecule has 0 saturated heterocycles. The van der Waals surface area contributed by atoms with Gasteiger partial charge < -0.3 is 5.32 Å². The SMILES string of the molecule is CCCNC1CC(c2ccc(F)cc2Cl)C1(CC)CC. The first-order valence-electron chi connectivity index (χ1n) is 7.77. The summed E-state index contributed by atoms with van der Waals surface area (Å²) >= 11 is 6.27. The summed E-state index contributed by atoms with van der Waals surface area (Å²) in [6, 6.07) is 5.41. The highest BCUT2D eigenvalue weighted by Crippen LogP contribution is 2.58. The maximum absolute atomic E-state index is 13.2. The Morgan fingerprint density at radius 2 is 2.00 bits per heavy atom. The largest absolute Gasteiger partial charge is 0.313 e. The summed E-state index contributed by atoms with van der Waals surface area (Å²) < 4.78 is 13.2. The topological polar surface area (TPSA) is 12.0 Å². The lowest BCUT2D eigenvalue weighted by atomic mass is 9.51. The molecule has 2 rings (SSSR count). The van der Waals surface area contributed by atoms with Crippen LogP contribution in [0.2, 0.25) is 5.02 Å². The highest BCUT2D eigenvalue weighted by molar-refractivity contribution is 6.31. The predicted octanol–water partition coefficient (Wildman–Crippen LogP) is 5.14. The van der Waals surface area contributed by atoms with Crippen molar-refractivity contribution in [2.45, 2.75) is 58.4 Å². The quantitative estimate of drug-likeness (QED) is 0.766. The zero-order valence-electron chi connectivity index (χ0n) is 12.7. The highest BCUT2D eigenvalue weighted by atomic mass is 35.5. The van der Waals surface area contributed by atoms with Crippen molar-refractivity contribution < 1.29 is 4.39 Å². The van der Waals surface area contributed by atoms with Crippen molar-refractivity contribution >= 4 is 11.6 Å². The van der Waals surface area contributed by atoms with E-state index in [1.165, 1.54) is 12.1 Å². The van der Waals surface area contributed by atoms with Gasteiger partial charge in [-0.25, -0.2) is 4.39 Å². The third-order valence-corrected chi connectivity index (χ3v) is 5.48. The van der Waals surface area contributed by atoms with E-state index in [4.69, 9.17) is 11.6 Å². The van der Waals surface area contributed by atoms with Crippen molar-refractivity contribution in [3.05, 3.63) is 34.6 Å². The zero-order valence-corrected chi connectivity index (χ0v) is 13.4. The zero-order chi connectivity index (χ0) is 14.8. The second-order valence-electron chi connectivity index (χ2n) is 5.90. The smallest absolute Gasteiger partial charge is 0.124 e. The first-order valence-corrected chi connectivity index (χ1v) is 8.15. The van der Waals surface area contributed by atoms with Gasteiger partial charge in [0.05, 0.1) is 0 Å². The molecule has 1 aliphatic rings. The van der Waals surface area contributed by atoms with Crippen LogP contribution in [-0.4, -0.2) is 12.6 Å². The minimum Gasteiger partial charge on any atom is -0.313 e. The van der Waals surface area contributed by atoms with Crippen LogP contribution >= 0.6 is 11.6 Å². The number of nitrogens with one attached hydrogen (secondary N) is 1. The summed E-state index contributed by atoms with van der Waals surface area (Å²) in [6.07, 6.45) is 4.52. The van der Waals surface area contributed by atoms with Crippen LogP contribution in [-0.2, 0) is 0 Å². The molecule has 2 atom stereocenters. The van der Waals surface area contributed by atoms with E-state index in [0.29, 0.717) is 17.0 Å². The molecule has 0 aromatic heterocycles. The molecule has 0 radical (unpaired) electrons. The van der Waals surface area contributed by atoms with Crippen LogP contribution in [0.4, 0.5) is 4.39 Å². The second-order valence-corrected chi connectivity index (χ2v) is 6.31. The number of benzene rings is 1. The second kappa shape index (κ2) is 6.44. The van der Waals surface area contributed by atoms with Gasteiger partial charge in [-0.2, -0.15) is 0 Å². The summed E-state index contributed by atoms with van der Waals surface area (Å²) in [6.45, 7) is 7.78. The van der Waals surface area contributed by atoms with Crippen molar-refractivity contribution in [1.82, 2.24) is 5.32 Å². The molecule has 20 heavy (non-hydrogen) atoms. The van der Waals surface area contributed by atoms with Gasteiger partial charge in [0.1, 0.15) is 5.82 Å². The molecule has 0 amide bonds. The van der Waals surface area contributed by atoms with E-state index in [0.717, 1.165) is 37.8 Å². The third-order valence-electron chi connectivity index (χ3n) is 5.15. The van der Waals surface area contributed by atoms with Gasteiger partial charge in [-0.05, 0) is 61.3 Å². The van der Waals surface area contributed by atoms with E-state index in [1.54, 1.807) is 0 Å². The van der Waals surface area contributed by atoms with Crippen LogP contribution < -0.4 is 5.32 Å². The van der Waals surface area contributed by atoms with Crippen LogP contribution in [0.15, 0.2) is 18.2 Å². The van der Waals surface area contributed by atoms with Gasteiger partial charge in [-0.1, -0.05) is 38.4 Å². The summed E-state index contributed by atoms with van der Waals surface area (Å²) in [5, 5.41) is 4.25. The Morgan fingerprint density at radius 1 is 1.30 bits per heavy atom. The van der Waals surface area contributed by atoms with Gasteiger partial charge in [0.15, 0.2) is 0 Å². The Balaban J connectivity index is 2.24. The van der Waals surface area contributed by atoms with Crippen molar-refractivity contribution in [2.24, 2.45) is 5.41 Å². The molecule has 1 aliphatic carbocycles. The molecule has 1 nitrogen and oxygen atoms in total. The van der Waals surface area contributed by atoms with Crippen molar-refractivity contribution in [3.63, 3.8) is 0 Å². The number of rotatable bonds is 6. The van der Waals surface area contributed by atoms with Gasteiger partial charge in [0.25, 0.3) is 0 Å². The van der Waals surface area contributed by atoms with Gasteiger partial charge >= 0.3 is 0 Å². The van der Waals surface area contributed by atoms with E-state index in [9.17, 15) is 4.39 Å². The molecule has 0 heterocycles. The maximum Gasteiger partial charge on any atom is 0.124 e. The molecule has 1 aromatic carbocycles. The van der Waals surface area contributed by atoms with Crippen molar-refractivity contribution in [1.29, 1.82) is 0 Å². The molecule has 1 aromatic rings.